The molecule has 0 aliphatic heterocycles. The largest absolute Gasteiger partial charge is 0.457 e. The van der Waals surface area contributed by atoms with E-state index in [2.05, 4.69) is 11.9 Å². The van der Waals surface area contributed by atoms with Crippen LogP contribution in [0.1, 0.15) is 18.1 Å². The van der Waals surface area contributed by atoms with Crippen molar-refractivity contribution in [1.82, 2.24) is 5.32 Å². The summed E-state index contributed by atoms with van der Waals surface area (Å²) in [7, 11) is 0. The lowest BCUT2D eigenvalue weighted by atomic mass is 10.2. The summed E-state index contributed by atoms with van der Waals surface area (Å²) in [5.41, 5.74) is -0.224. The molecule has 0 atom stereocenters. The number of alkyl halides is 3. The van der Waals surface area contributed by atoms with Gasteiger partial charge in [0, 0.05) is 12.1 Å². The topological polar surface area (TPSA) is 38.3 Å². The van der Waals surface area contributed by atoms with Crippen molar-refractivity contribution in [1.29, 1.82) is 0 Å². The molecule has 0 bridgehead atoms. The molecule has 1 N–H and O–H groups in total. The average Bonchev–Trinajstić information content (AvgIpc) is 2.54. The lowest BCUT2D eigenvalue weighted by Gasteiger charge is -2.11. The summed E-state index contributed by atoms with van der Waals surface area (Å²) in [5.74, 6) is -1.47. The van der Waals surface area contributed by atoms with E-state index >= 15 is 0 Å². The van der Waals surface area contributed by atoms with Crippen molar-refractivity contribution in [3.8, 4) is 11.5 Å². The van der Waals surface area contributed by atoms with Crippen molar-refractivity contribution in [3.05, 3.63) is 71.6 Å². The highest BCUT2D eigenvalue weighted by Gasteiger charge is 2.34. The Morgan fingerprint density at radius 2 is 1.72 bits per heavy atom. The Hall–Kier alpha value is -2.83. The third-order valence-corrected chi connectivity index (χ3v) is 3.24. The predicted octanol–water partition coefficient (Wildman–Crippen LogP) is 4.83. The fraction of sp³-hybridized carbons (Fsp3) is 0.167. The van der Waals surface area contributed by atoms with Crippen LogP contribution in [0.5, 0.6) is 11.5 Å². The molecular weight excluding hydrogens is 338 g/mol. The summed E-state index contributed by atoms with van der Waals surface area (Å²) < 4.78 is 56.6. The minimum absolute atomic E-state index is 0.128. The van der Waals surface area contributed by atoms with E-state index < -0.39 is 17.6 Å². The van der Waals surface area contributed by atoms with Gasteiger partial charge in [-0.25, -0.2) is 4.39 Å². The van der Waals surface area contributed by atoms with E-state index in [0.29, 0.717) is 17.7 Å². The van der Waals surface area contributed by atoms with Crippen LogP contribution in [0.3, 0.4) is 0 Å². The molecule has 7 heteroatoms. The maximum atomic E-state index is 13.2. The van der Waals surface area contributed by atoms with Crippen LogP contribution in [0.15, 0.2) is 54.6 Å². The Balaban J connectivity index is 2.06. The fourth-order valence-electron chi connectivity index (χ4n) is 1.93. The lowest BCUT2D eigenvalue weighted by Crippen LogP contribution is -2.22. The highest BCUT2D eigenvalue weighted by molar-refractivity contribution is 5.91. The number of rotatable bonds is 5. The molecule has 0 aromatic heterocycles. The number of carbonyl (C=O) groups excluding carboxylic acids is 1. The van der Waals surface area contributed by atoms with Gasteiger partial charge < -0.3 is 10.1 Å². The Labute approximate surface area is 141 Å². The Kier molecular flexibility index (Phi) is 5.46. The molecule has 0 heterocycles. The molecule has 0 aliphatic rings. The second-order valence-electron chi connectivity index (χ2n) is 5.35. The monoisotopic (exact) mass is 353 g/mol. The molecule has 2 aromatic carbocycles. The summed E-state index contributed by atoms with van der Waals surface area (Å²) in [6, 6.07) is 8.82. The van der Waals surface area contributed by atoms with Gasteiger partial charge in [-0.05, 0) is 42.8 Å². The Bertz CT molecular complexity index is 783. The number of carbonyl (C=O) groups is 1. The van der Waals surface area contributed by atoms with Gasteiger partial charge in [0.25, 0.3) is 0 Å². The molecule has 0 fully saturated rings. The van der Waals surface area contributed by atoms with Crippen LogP contribution in [-0.2, 0) is 17.5 Å². The first-order valence-corrected chi connectivity index (χ1v) is 7.24. The summed E-state index contributed by atoms with van der Waals surface area (Å²) >= 11 is 0. The lowest BCUT2D eigenvalue weighted by molar-refractivity contribution is -0.140. The highest BCUT2D eigenvalue weighted by atomic mass is 19.4. The number of nitrogens with one attached hydrogen (secondary N) is 1. The smallest absolute Gasteiger partial charge is 0.419 e. The zero-order valence-corrected chi connectivity index (χ0v) is 13.3. The van der Waals surface area contributed by atoms with Crippen molar-refractivity contribution < 1.29 is 27.1 Å². The number of hydrogen-bond acceptors (Lipinski definition) is 2. The van der Waals surface area contributed by atoms with Gasteiger partial charge in [-0.2, -0.15) is 13.2 Å². The van der Waals surface area contributed by atoms with Gasteiger partial charge in [-0.1, -0.05) is 18.7 Å². The van der Waals surface area contributed by atoms with Gasteiger partial charge in [0.15, 0.2) is 0 Å². The second-order valence-corrected chi connectivity index (χ2v) is 5.35. The predicted molar refractivity (Wildman–Crippen MR) is 84.6 cm³/mol. The molecule has 132 valence electrons. The third-order valence-electron chi connectivity index (χ3n) is 3.24. The minimum Gasteiger partial charge on any atom is -0.457 e. The van der Waals surface area contributed by atoms with E-state index in [-0.39, 0.29) is 24.0 Å². The van der Waals surface area contributed by atoms with Crippen molar-refractivity contribution in [2.24, 2.45) is 0 Å². The normalized spacial score (nSPS) is 11.1. The molecule has 2 rings (SSSR count). The molecule has 0 saturated heterocycles. The summed E-state index contributed by atoms with van der Waals surface area (Å²) in [6.07, 6.45) is -4.80. The van der Waals surface area contributed by atoms with Gasteiger partial charge >= 0.3 is 6.18 Å². The van der Waals surface area contributed by atoms with Crippen molar-refractivity contribution in [2.75, 3.05) is 0 Å². The van der Waals surface area contributed by atoms with Gasteiger partial charge in [-0.3, -0.25) is 4.79 Å². The maximum Gasteiger partial charge on any atom is 0.419 e. The molecule has 0 spiro atoms. The quantitative estimate of drug-likeness (QED) is 0.618. The summed E-state index contributed by atoms with van der Waals surface area (Å²) in [4.78, 5) is 11.4. The van der Waals surface area contributed by atoms with E-state index in [9.17, 15) is 22.4 Å². The summed E-state index contributed by atoms with van der Waals surface area (Å²) in [5, 5.41) is 2.65. The average molecular weight is 353 g/mol. The van der Waals surface area contributed by atoms with E-state index in [1.54, 1.807) is 31.2 Å². The zero-order chi connectivity index (χ0) is 18.6. The number of hydrogen-bond donors (Lipinski definition) is 1. The SMILES string of the molecule is C=C(C)C(=O)NCc1ccc(Oc2ccc(F)c(C(F)(F)F)c2)cc1. The Morgan fingerprint density at radius 3 is 2.28 bits per heavy atom. The first kappa shape index (κ1) is 18.5. The van der Waals surface area contributed by atoms with Gasteiger partial charge in [0.2, 0.25) is 5.91 Å². The van der Waals surface area contributed by atoms with E-state index in [1.165, 1.54) is 0 Å². The number of halogens is 4. The van der Waals surface area contributed by atoms with E-state index in [0.717, 1.165) is 11.6 Å². The molecule has 3 nitrogen and oxygen atoms in total. The van der Waals surface area contributed by atoms with E-state index in [1.807, 2.05) is 0 Å². The molecule has 0 saturated carbocycles. The van der Waals surface area contributed by atoms with Crippen LogP contribution in [0.2, 0.25) is 0 Å². The van der Waals surface area contributed by atoms with Crippen LogP contribution < -0.4 is 10.1 Å². The van der Waals surface area contributed by atoms with Crippen LogP contribution in [0.4, 0.5) is 17.6 Å². The Morgan fingerprint density at radius 1 is 1.12 bits per heavy atom. The van der Waals surface area contributed by atoms with Crippen LogP contribution in [0, 0.1) is 5.82 Å². The number of amides is 1. The molecular formula is C18H15F4NO2. The molecule has 1 amide bonds. The zero-order valence-electron chi connectivity index (χ0n) is 13.3. The van der Waals surface area contributed by atoms with Crippen LogP contribution >= 0.6 is 0 Å². The van der Waals surface area contributed by atoms with Crippen molar-refractivity contribution in [3.63, 3.8) is 0 Å². The van der Waals surface area contributed by atoms with Crippen LogP contribution in [0.25, 0.3) is 0 Å². The van der Waals surface area contributed by atoms with Gasteiger partial charge in [-0.15, -0.1) is 0 Å². The molecule has 0 aliphatic carbocycles. The standard InChI is InChI=1S/C18H15F4NO2/c1-11(2)17(24)23-10-12-3-5-13(6-4-12)25-14-7-8-16(19)15(9-14)18(20,21)22/h3-9H,1,10H2,2H3,(H,23,24). The van der Waals surface area contributed by atoms with Crippen LogP contribution in [-0.4, -0.2) is 5.91 Å². The second kappa shape index (κ2) is 7.38. The van der Waals surface area contributed by atoms with E-state index in [4.69, 9.17) is 4.74 Å². The summed E-state index contributed by atoms with van der Waals surface area (Å²) in [6.45, 7) is 5.39. The molecule has 2 aromatic rings. The molecule has 25 heavy (non-hydrogen) atoms. The first-order chi connectivity index (χ1) is 11.7. The minimum atomic E-state index is -4.80. The first-order valence-electron chi connectivity index (χ1n) is 7.24. The number of benzene rings is 2. The van der Waals surface area contributed by atoms with Crippen molar-refractivity contribution >= 4 is 5.91 Å². The molecule has 0 radical (unpaired) electrons. The highest BCUT2D eigenvalue weighted by Crippen LogP contribution is 2.34. The van der Waals surface area contributed by atoms with Crippen molar-refractivity contribution in [2.45, 2.75) is 19.6 Å². The maximum absolute atomic E-state index is 13.2. The molecule has 0 unspecified atom stereocenters. The number of ether oxygens (including phenoxy) is 1. The fourth-order valence-corrected chi connectivity index (χ4v) is 1.93. The third kappa shape index (κ3) is 5.07. The van der Waals surface area contributed by atoms with Gasteiger partial charge in [0.05, 0.1) is 5.56 Å². The van der Waals surface area contributed by atoms with Gasteiger partial charge in [0.1, 0.15) is 17.3 Å².